The first kappa shape index (κ1) is 16.5. The molecule has 2 heterocycles. The van der Waals surface area contributed by atoms with Crippen LogP contribution in [0.2, 0.25) is 0 Å². The Hall–Kier alpha value is -1.91. The molecule has 0 radical (unpaired) electrons. The smallest absolute Gasteiger partial charge is 0.312 e. The third-order valence-corrected chi connectivity index (χ3v) is 3.76. The van der Waals surface area contributed by atoms with E-state index in [9.17, 15) is 19.0 Å². The molecule has 0 fully saturated rings. The molecule has 2 rings (SSSR count). The maximum Gasteiger partial charge on any atom is 0.312 e. The predicted molar refractivity (Wildman–Crippen MR) is 73.0 cm³/mol. The maximum absolute atomic E-state index is 14.7. The van der Waals surface area contributed by atoms with Crippen molar-refractivity contribution in [3.05, 3.63) is 12.4 Å². The van der Waals surface area contributed by atoms with Gasteiger partial charge in [0, 0.05) is 7.11 Å². The van der Waals surface area contributed by atoms with Crippen LogP contribution in [0.15, 0.2) is 6.33 Å². The molecule has 22 heavy (non-hydrogen) atoms. The van der Waals surface area contributed by atoms with Crippen molar-refractivity contribution in [1.29, 1.82) is 0 Å². The molecule has 10 heteroatoms. The van der Waals surface area contributed by atoms with Crippen molar-refractivity contribution in [2.45, 2.75) is 31.3 Å². The molecule has 122 valence electrons. The average Bonchev–Trinajstić information content (AvgIpc) is 2.92. The fourth-order valence-corrected chi connectivity index (χ4v) is 2.24. The van der Waals surface area contributed by atoms with E-state index < -0.39 is 30.7 Å². The Morgan fingerprint density at radius 1 is 1.50 bits per heavy atom. The third-order valence-electron chi connectivity index (χ3n) is 3.76. The van der Waals surface area contributed by atoms with E-state index in [2.05, 4.69) is 15.0 Å². The molecular weight excluding hydrogens is 300 g/mol. The first-order valence-corrected chi connectivity index (χ1v) is 6.54. The van der Waals surface area contributed by atoms with Gasteiger partial charge >= 0.3 is 6.08 Å². The van der Waals surface area contributed by atoms with Gasteiger partial charge in [0.2, 0.25) is 6.30 Å². The van der Waals surface area contributed by atoms with E-state index >= 15 is 0 Å². The molecule has 0 bridgehead atoms. The van der Waals surface area contributed by atoms with E-state index in [0.29, 0.717) is 0 Å². The summed E-state index contributed by atoms with van der Waals surface area (Å²) in [5.74, 6) is -0.237. The van der Waals surface area contributed by atoms with Crippen LogP contribution in [-0.2, 0) is 4.74 Å². The molecule has 0 amide bonds. The number of ether oxygens (including phenoxy) is 1. The first-order valence-electron chi connectivity index (χ1n) is 6.54. The molecular formula is C12H17F2N5O3. The van der Waals surface area contributed by atoms with Crippen LogP contribution in [0, 0.1) is 6.08 Å². The Balaban J connectivity index is 2.47. The molecule has 0 saturated carbocycles. The van der Waals surface area contributed by atoms with Gasteiger partial charge in [0.25, 0.3) is 0 Å². The number of nitrogens with two attached hydrogens (primary N) is 1. The Kier molecular flexibility index (Phi) is 4.54. The number of nitrogen functional groups attached to an aromatic ring is 1. The highest BCUT2D eigenvalue weighted by molar-refractivity contribution is 5.81. The van der Waals surface area contributed by atoms with Crippen LogP contribution in [0.3, 0.4) is 0 Å². The minimum atomic E-state index is -2.08. The summed E-state index contributed by atoms with van der Waals surface area (Å²) >= 11 is 0. The number of methoxy groups -OCH3 is 1. The summed E-state index contributed by atoms with van der Waals surface area (Å²) in [6.07, 6.45) is -3.77. The average molecular weight is 317 g/mol. The summed E-state index contributed by atoms with van der Waals surface area (Å²) in [7, 11) is 1.25. The molecule has 0 saturated heterocycles. The van der Waals surface area contributed by atoms with Crippen LogP contribution >= 0.6 is 0 Å². The standard InChI is InChI=1S/C12H17F2N5O3/c1-3-12(4-20,22-2)7(21)8(13)19-5-16-6-9(15)17-11(14)18-10(6)19/h5,7-8,20-21H,3-4H2,1-2H3,(H2,15,17,18)/t7-,8+,12+/m0/s1. The van der Waals surface area contributed by atoms with Crippen LogP contribution < -0.4 is 5.73 Å². The van der Waals surface area contributed by atoms with Crippen LogP contribution in [0.25, 0.3) is 11.2 Å². The fraction of sp³-hybridized carbons (Fsp3) is 0.583. The molecule has 2 aromatic heterocycles. The molecule has 3 atom stereocenters. The molecule has 4 N–H and O–H groups in total. The van der Waals surface area contributed by atoms with Gasteiger partial charge < -0.3 is 20.7 Å². The van der Waals surface area contributed by atoms with Crippen molar-refractivity contribution in [2.75, 3.05) is 19.5 Å². The molecule has 0 spiro atoms. The lowest BCUT2D eigenvalue weighted by Crippen LogP contribution is -2.50. The lowest BCUT2D eigenvalue weighted by Gasteiger charge is -2.35. The second-order valence-corrected chi connectivity index (χ2v) is 4.80. The number of aliphatic hydroxyl groups excluding tert-OH is 2. The van der Waals surface area contributed by atoms with Crippen molar-refractivity contribution in [3.63, 3.8) is 0 Å². The maximum atomic E-state index is 14.7. The van der Waals surface area contributed by atoms with Gasteiger partial charge in [-0.25, -0.2) is 9.37 Å². The number of halogens is 2. The normalized spacial score (nSPS) is 17.4. The topological polar surface area (TPSA) is 119 Å². The quantitative estimate of drug-likeness (QED) is 0.649. The second-order valence-electron chi connectivity index (χ2n) is 4.80. The van der Waals surface area contributed by atoms with Crippen LogP contribution in [0.1, 0.15) is 19.6 Å². The zero-order chi connectivity index (χ0) is 16.5. The van der Waals surface area contributed by atoms with E-state index in [0.717, 1.165) is 10.9 Å². The number of imidazole rings is 1. The monoisotopic (exact) mass is 317 g/mol. The third kappa shape index (κ3) is 2.49. The molecule has 2 aromatic rings. The Morgan fingerprint density at radius 2 is 2.18 bits per heavy atom. The predicted octanol–water partition coefficient (Wildman–Crippen LogP) is 0.164. The summed E-state index contributed by atoms with van der Waals surface area (Å²) in [6.45, 7) is 1.03. The second kappa shape index (κ2) is 6.07. The van der Waals surface area contributed by atoms with Gasteiger partial charge in [-0.05, 0) is 6.42 Å². The Morgan fingerprint density at radius 3 is 2.73 bits per heavy atom. The van der Waals surface area contributed by atoms with Crippen molar-refractivity contribution in [1.82, 2.24) is 19.5 Å². The van der Waals surface area contributed by atoms with Gasteiger partial charge in [-0.1, -0.05) is 6.92 Å². The highest BCUT2D eigenvalue weighted by Gasteiger charge is 2.42. The van der Waals surface area contributed by atoms with E-state index in [4.69, 9.17) is 10.5 Å². The van der Waals surface area contributed by atoms with Crippen molar-refractivity contribution in [3.8, 4) is 0 Å². The summed E-state index contributed by atoms with van der Waals surface area (Å²) in [5.41, 5.74) is 3.80. The summed E-state index contributed by atoms with van der Waals surface area (Å²) in [5, 5.41) is 19.6. The number of rotatable bonds is 6. The van der Waals surface area contributed by atoms with Gasteiger partial charge in [0.15, 0.2) is 17.0 Å². The molecule has 0 unspecified atom stereocenters. The van der Waals surface area contributed by atoms with Gasteiger partial charge in [0.1, 0.15) is 11.7 Å². The van der Waals surface area contributed by atoms with E-state index in [1.165, 1.54) is 7.11 Å². The van der Waals surface area contributed by atoms with Crippen LogP contribution in [0.5, 0.6) is 0 Å². The zero-order valence-corrected chi connectivity index (χ0v) is 12.1. The van der Waals surface area contributed by atoms with Crippen LogP contribution in [0.4, 0.5) is 14.6 Å². The van der Waals surface area contributed by atoms with E-state index in [1.54, 1.807) is 6.92 Å². The van der Waals surface area contributed by atoms with Crippen molar-refractivity contribution >= 4 is 17.0 Å². The van der Waals surface area contributed by atoms with Gasteiger partial charge in [-0.15, -0.1) is 0 Å². The van der Waals surface area contributed by atoms with Gasteiger partial charge in [-0.3, -0.25) is 4.57 Å². The van der Waals surface area contributed by atoms with Gasteiger partial charge in [-0.2, -0.15) is 14.4 Å². The summed E-state index contributed by atoms with van der Waals surface area (Å²) in [6, 6.07) is 0. The number of hydrogen-bond acceptors (Lipinski definition) is 7. The van der Waals surface area contributed by atoms with E-state index in [1.807, 2.05) is 0 Å². The SMILES string of the molecule is CC[C@](CO)(OC)[C@@H](O)[C@H](F)n1cnc2c(N)nc(F)nc21. The molecule has 0 aliphatic carbocycles. The van der Waals surface area contributed by atoms with Crippen molar-refractivity contribution in [2.24, 2.45) is 0 Å². The number of fused-ring (bicyclic) bond motifs is 1. The molecule has 8 nitrogen and oxygen atoms in total. The summed E-state index contributed by atoms with van der Waals surface area (Å²) in [4.78, 5) is 10.6. The first-order chi connectivity index (χ1) is 10.4. The largest absolute Gasteiger partial charge is 0.393 e. The minimum absolute atomic E-state index is 0.0137. The fourth-order valence-electron chi connectivity index (χ4n) is 2.24. The van der Waals surface area contributed by atoms with Crippen LogP contribution in [-0.4, -0.2) is 55.2 Å². The molecule has 0 aliphatic heterocycles. The highest BCUT2D eigenvalue weighted by Crippen LogP contribution is 2.31. The molecule has 0 aliphatic rings. The van der Waals surface area contributed by atoms with E-state index in [-0.39, 0.29) is 23.4 Å². The van der Waals surface area contributed by atoms with Crippen molar-refractivity contribution < 1.29 is 23.7 Å². The number of nitrogens with zero attached hydrogens (tertiary/aromatic N) is 4. The number of hydrogen-bond donors (Lipinski definition) is 3. The molecule has 0 aromatic carbocycles. The number of anilines is 1. The Bertz CT molecular complexity index is 653. The number of aliphatic hydroxyl groups is 2. The highest BCUT2D eigenvalue weighted by atomic mass is 19.1. The minimum Gasteiger partial charge on any atom is -0.393 e. The Labute approximate surface area is 124 Å². The van der Waals surface area contributed by atoms with Gasteiger partial charge in [0.05, 0.1) is 12.9 Å². The lowest BCUT2D eigenvalue weighted by atomic mass is 9.93. The number of alkyl halides is 1. The zero-order valence-electron chi connectivity index (χ0n) is 12.1. The lowest BCUT2D eigenvalue weighted by molar-refractivity contribution is -0.164. The summed E-state index contributed by atoms with van der Waals surface area (Å²) < 4.78 is 33.8. The number of aromatic nitrogens is 4.